The van der Waals surface area contributed by atoms with Gasteiger partial charge in [0.05, 0.1) is 22.7 Å². The molecular weight excluding hydrogens is 469 g/mol. The van der Waals surface area contributed by atoms with Crippen molar-refractivity contribution < 1.29 is 13.9 Å². The van der Waals surface area contributed by atoms with Gasteiger partial charge in [0.2, 0.25) is 0 Å². The van der Waals surface area contributed by atoms with Gasteiger partial charge < -0.3 is 9.47 Å². The number of hydrogen-bond donors (Lipinski definition) is 0. The molecule has 3 rings (SSSR count). The van der Waals surface area contributed by atoms with Crippen LogP contribution in [0.2, 0.25) is 5.02 Å². The summed E-state index contributed by atoms with van der Waals surface area (Å²) in [6, 6.07) is 19.2. The Bertz CT molecular complexity index is 1110. The topological polar surface area (TPSA) is 42.2 Å². The summed E-state index contributed by atoms with van der Waals surface area (Å²) in [6.45, 7) is 2.65. The molecule has 0 aliphatic carbocycles. The molecule has 3 aromatic carbocycles. The molecule has 152 valence electrons. The highest BCUT2D eigenvalue weighted by Gasteiger charge is 2.14. The van der Waals surface area contributed by atoms with Crippen molar-refractivity contribution in [3.05, 3.63) is 92.7 Å². The minimum Gasteiger partial charge on any atom is -0.490 e. The Balaban J connectivity index is 1.93. The Labute approximate surface area is 188 Å². The molecule has 3 aromatic rings. The molecule has 0 atom stereocenters. The molecule has 0 saturated carbocycles. The van der Waals surface area contributed by atoms with E-state index in [1.807, 2.05) is 19.1 Å². The van der Waals surface area contributed by atoms with Gasteiger partial charge in [0.1, 0.15) is 12.4 Å². The van der Waals surface area contributed by atoms with E-state index < -0.39 is 5.82 Å². The van der Waals surface area contributed by atoms with Crippen LogP contribution in [0.3, 0.4) is 0 Å². The van der Waals surface area contributed by atoms with Crippen LogP contribution in [-0.4, -0.2) is 6.61 Å². The first-order valence-electron chi connectivity index (χ1n) is 9.22. The average Bonchev–Trinajstić information content (AvgIpc) is 2.73. The third-order valence-corrected chi connectivity index (χ3v) is 5.06. The summed E-state index contributed by atoms with van der Waals surface area (Å²) in [6.07, 6.45) is 1.62. The third-order valence-electron chi connectivity index (χ3n) is 4.22. The van der Waals surface area contributed by atoms with E-state index in [0.29, 0.717) is 39.8 Å². The predicted molar refractivity (Wildman–Crippen MR) is 121 cm³/mol. The fourth-order valence-electron chi connectivity index (χ4n) is 2.83. The zero-order valence-electron chi connectivity index (χ0n) is 16.2. The predicted octanol–water partition coefficient (Wildman–Crippen LogP) is 7.28. The number of allylic oxidation sites excluding steroid dienone is 1. The van der Waals surface area contributed by atoms with Crippen molar-refractivity contribution in [1.29, 1.82) is 5.26 Å². The maximum atomic E-state index is 14.1. The maximum Gasteiger partial charge on any atom is 0.175 e. The first kappa shape index (κ1) is 21.9. The second-order valence-corrected chi connectivity index (χ2v) is 7.62. The molecular formula is C24H18BrClFNO2. The second kappa shape index (κ2) is 10.3. The summed E-state index contributed by atoms with van der Waals surface area (Å²) < 4.78 is 26.5. The monoisotopic (exact) mass is 485 g/mol. The van der Waals surface area contributed by atoms with Crippen molar-refractivity contribution in [3.63, 3.8) is 0 Å². The molecule has 0 fully saturated rings. The fourth-order valence-corrected chi connectivity index (χ4v) is 3.53. The Kier molecular flexibility index (Phi) is 7.51. The summed E-state index contributed by atoms with van der Waals surface area (Å²) in [5, 5.41) is 10.2. The first-order valence-corrected chi connectivity index (χ1v) is 10.4. The van der Waals surface area contributed by atoms with Crippen molar-refractivity contribution >= 4 is 39.2 Å². The maximum absolute atomic E-state index is 14.1. The van der Waals surface area contributed by atoms with Crippen molar-refractivity contribution in [2.45, 2.75) is 13.5 Å². The van der Waals surface area contributed by atoms with Crippen LogP contribution < -0.4 is 9.47 Å². The third kappa shape index (κ3) is 5.41. The number of nitriles is 1. The van der Waals surface area contributed by atoms with Crippen molar-refractivity contribution in [2.24, 2.45) is 0 Å². The number of benzene rings is 3. The molecule has 0 aliphatic rings. The number of ether oxygens (including phenoxy) is 2. The van der Waals surface area contributed by atoms with E-state index >= 15 is 0 Å². The quantitative estimate of drug-likeness (QED) is 0.260. The number of halogens is 3. The van der Waals surface area contributed by atoms with Gasteiger partial charge in [0, 0.05) is 10.6 Å². The van der Waals surface area contributed by atoms with Crippen LogP contribution in [0.25, 0.3) is 11.6 Å². The standard InChI is InChI=1S/C24H18BrClFNO2/c1-2-29-23-13-17(11-18(14-28)20-5-3-4-6-22(20)27)12-21(25)24(23)30-15-16-7-9-19(26)10-8-16/h3-13H,2,15H2,1H3. The van der Waals surface area contributed by atoms with Crippen LogP contribution in [0.1, 0.15) is 23.6 Å². The zero-order valence-corrected chi connectivity index (χ0v) is 18.5. The van der Waals surface area contributed by atoms with Gasteiger partial charge in [-0.05, 0) is 70.4 Å². The molecule has 0 spiro atoms. The highest BCUT2D eigenvalue weighted by atomic mass is 79.9. The van der Waals surface area contributed by atoms with E-state index in [4.69, 9.17) is 21.1 Å². The van der Waals surface area contributed by atoms with Crippen LogP contribution >= 0.6 is 27.5 Å². The van der Waals surface area contributed by atoms with E-state index in [0.717, 1.165) is 5.56 Å². The Morgan fingerprint density at radius 3 is 2.53 bits per heavy atom. The Hall–Kier alpha value is -2.81. The van der Waals surface area contributed by atoms with Crippen LogP contribution in [0, 0.1) is 17.1 Å². The van der Waals surface area contributed by atoms with Crippen LogP contribution in [0.4, 0.5) is 4.39 Å². The van der Waals surface area contributed by atoms with Crippen LogP contribution in [0.5, 0.6) is 11.5 Å². The van der Waals surface area contributed by atoms with Gasteiger partial charge in [-0.15, -0.1) is 0 Å². The van der Waals surface area contributed by atoms with Gasteiger partial charge in [0.15, 0.2) is 11.5 Å². The Morgan fingerprint density at radius 2 is 1.87 bits per heavy atom. The molecule has 30 heavy (non-hydrogen) atoms. The molecule has 0 saturated heterocycles. The normalized spacial score (nSPS) is 11.1. The van der Waals surface area contributed by atoms with Crippen molar-refractivity contribution in [3.8, 4) is 17.6 Å². The van der Waals surface area contributed by atoms with E-state index in [2.05, 4.69) is 22.0 Å². The molecule has 0 bridgehead atoms. The lowest BCUT2D eigenvalue weighted by atomic mass is 10.0. The number of nitrogens with zero attached hydrogens (tertiary/aromatic N) is 1. The SMILES string of the molecule is CCOc1cc(C=C(C#N)c2ccccc2F)cc(Br)c1OCc1ccc(Cl)cc1. The number of hydrogen-bond acceptors (Lipinski definition) is 3. The van der Waals surface area contributed by atoms with Crippen molar-refractivity contribution in [2.75, 3.05) is 6.61 Å². The smallest absolute Gasteiger partial charge is 0.175 e. The molecule has 0 aromatic heterocycles. The molecule has 0 radical (unpaired) electrons. The van der Waals surface area contributed by atoms with Gasteiger partial charge in [0.25, 0.3) is 0 Å². The van der Waals surface area contributed by atoms with Gasteiger partial charge in [-0.2, -0.15) is 5.26 Å². The lowest BCUT2D eigenvalue weighted by molar-refractivity contribution is 0.267. The molecule has 3 nitrogen and oxygen atoms in total. The summed E-state index contributed by atoms with van der Waals surface area (Å²) in [5.41, 5.74) is 2.11. The molecule has 0 amide bonds. The number of rotatable bonds is 7. The van der Waals surface area contributed by atoms with Gasteiger partial charge in [-0.1, -0.05) is 41.9 Å². The van der Waals surface area contributed by atoms with Gasteiger partial charge in [-0.3, -0.25) is 0 Å². The molecule has 0 heterocycles. The summed E-state index contributed by atoms with van der Waals surface area (Å²) in [4.78, 5) is 0. The molecule has 0 aliphatic heterocycles. The van der Waals surface area contributed by atoms with Crippen molar-refractivity contribution in [1.82, 2.24) is 0 Å². The molecule has 0 N–H and O–H groups in total. The molecule has 6 heteroatoms. The average molecular weight is 487 g/mol. The van der Waals surface area contributed by atoms with Gasteiger partial charge >= 0.3 is 0 Å². The summed E-state index contributed by atoms with van der Waals surface area (Å²) in [7, 11) is 0. The Morgan fingerprint density at radius 1 is 1.13 bits per heavy atom. The molecule has 0 unspecified atom stereocenters. The lowest BCUT2D eigenvalue weighted by Gasteiger charge is -2.15. The summed E-state index contributed by atoms with van der Waals surface area (Å²) >= 11 is 9.45. The van der Waals surface area contributed by atoms with Crippen LogP contribution in [0.15, 0.2) is 65.1 Å². The minimum atomic E-state index is -0.447. The minimum absolute atomic E-state index is 0.220. The van der Waals surface area contributed by atoms with E-state index in [9.17, 15) is 9.65 Å². The highest BCUT2D eigenvalue weighted by molar-refractivity contribution is 9.10. The van der Waals surface area contributed by atoms with Crippen LogP contribution in [-0.2, 0) is 6.61 Å². The van der Waals surface area contributed by atoms with Gasteiger partial charge in [-0.25, -0.2) is 4.39 Å². The van der Waals surface area contributed by atoms with E-state index in [-0.39, 0.29) is 11.1 Å². The zero-order chi connectivity index (χ0) is 21.5. The summed E-state index contributed by atoms with van der Waals surface area (Å²) in [5.74, 6) is 0.628. The first-order chi connectivity index (χ1) is 14.5. The largest absolute Gasteiger partial charge is 0.490 e. The van der Waals surface area contributed by atoms with E-state index in [1.54, 1.807) is 48.5 Å². The second-order valence-electron chi connectivity index (χ2n) is 6.33. The fraction of sp³-hybridized carbons (Fsp3) is 0.125. The highest BCUT2D eigenvalue weighted by Crippen LogP contribution is 2.38. The van der Waals surface area contributed by atoms with E-state index in [1.165, 1.54) is 6.07 Å². The lowest BCUT2D eigenvalue weighted by Crippen LogP contribution is -2.01.